The Kier molecular flexibility index (Phi) is 6.22. The highest BCUT2D eigenvalue weighted by Gasteiger charge is 2.21. The number of H-pyrrole nitrogens is 2. The molecule has 0 atom stereocenters. The lowest BCUT2D eigenvalue weighted by molar-refractivity contribution is 0.0798. The molecular formula is C23H26N8O3S. The van der Waals surface area contributed by atoms with Crippen LogP contribution in [-0.4, -0.2) is 73.7 Å². The standard InChI is InChI=1S/C23H26N8O3S/c1-24-6-3-7-30(2)22(33)18-9-14(12-35-18)16-10-19(26-15-4-5-15)31-20(27-16)13(11-25-31)8-17-21(32)29-23(34)28-17/h8-12,15,24,32H,3-7H2,1-2H3,(H2,28,29,34). The average molecular weight is 495 g/mol. The molecule has 4 aromatic rings. The van der Waals surface area contributed by atoms with Crippen LogP contribution in [0.4, 0.5) is 0 Å². The summed E-state index contributed by atoms with van der Waals surface area (Å²) in [6.07, 6.45) is 6.18. The van der Waals surface area contributed by atoms with Gasteiger partial charge in [-0.05, 0) is 45.0 Å². The molecule has 5 rings (SSSR count). The average Bonchev–Trinajstić information content (AvgIpc) is 3.22. The van der Waals surface area contributed by atoms with Crippen LogP contribution in [0.15, 0.2) is 33.5 Å². The van der Waals surface area contributed by atoms with Crippen LogP contribution in [0.2, 0.25) is 0 Å². The number of imidazole rings is 1. The summed E-state index contributed by atoms with van der Waals surface area (Å²) >= 11 is 1.39. The fourth-order valence-corrected chi connectivity index (χ4v) is 4.60. The topological polar surface area (TPSA) is 144 Å². The lowest BCUT2D eigenvalue weighted by Gasteiger charge is -2.15. The molecule has 4 aromatic heterocycles. The molecule has 0 radical (unpaired) electrons. The minimum absolute atomic E-state index is 0.0217. The van der Waals surface area contributed by atoms with Gasteiger partial charge in [-0.25, -0.2) is 9.78 Å². The third-order valence-electron chi connectivity index (χ3n) is 5.75. The van der Waals surface area contributed by atoms with E-state index >= 15 is 0 Å². The Bertz CT molecular complexity index is 1560. The van der Waals surface area contributed by atoms with Crippen LogP contribution in [0.5, 0.6) is 5.88 Å². The van der Waals surface area contributed by atoms with Crippen molar-refractivity contribution in [3.63, 3.8) is 0 Å². The van der Waals surface area contributed by atoms with Gasteiger partial charge in [0.25, 0.3) is 5.91 Å². The second kappa shape index (κ2) is 9.47. The molecule has 1 aliphatic carbocycles. The molecule has 35 heavy (non-hydrogen) atoms. The second-order valence-corrected chi connectivity index (χ2v) is 9.48. The first kappa shape index (κ1) is 23.0. The van der Waals surface area contributed by atoms with E-state index in [0.717, 1.165) is 31.4 Å². The largest absolute Gasteiger partial charge is 0.493 e. The Hall–Kier alpha value is -3.77. The summed E-state index contributed by atoms with van der Waals surface area (Å²) < 4.78 is 1.66. The van der Waals surface area contributed by atoms with Crippen molar-refractivity contribution in [3.05, 3.63) is 55.5 Å². The molecule has 1 saturated carbocycles. The van der Waals surface area contributed by atoms with Gasteiger partial charge in [0.1, 0.15) is 5.69 Å². The SMILES string of the molecule is CNCCCN(C)C(=O)c1cc(-c2cc(=NC3CC3)n3ncc(=Cc4[nH]c(=O)[nH]c4O)c3n2)cs1. The van der Waals surface area contributed by atoms with Crippen LogP contribution in [0, 0.1) is 0 Å². The number of nitrogens with zero attached hydrogens (tertiary/aromatic N) is 5. The van der Waals surface area contributed by atoms with Gasteiger partial charge in [-0.1, -0.05) is 0 Å². The van der Waals surface area contributed by atoms with E-state index in [9.17, 15) is 14.7 Å². The number of aromatic hydroxyl groups is 1. The first-order valence-electron chi connectivity index (χ1n) is 11.4. The van der Waals surface area contributed by atoms with Crippen LogP contribution in [0.1, 0.15) is 34.6 Å². The van der Waals surface area contributed by atoms with E-state index in [-0.39, 0.29) is 23.5 Å². The quantitative estimate of drug-likeness (QED) is 0.262. The summed E-state index contributed by atoms with van der Waals surface area (Å²) in [5.74, 6) is -0.278. The van der Waals surface area contributed by atoms with Crippen molar-refractivity contribution in [1.82, 2.24) is 34.8 Å². The van der Waals surface area contributed by atoms with E-state index in [2.05, 4.69) is 20.4 Å². The summed E-state index contributed by atoms with van der Waals surface area (Å²) in [6.45, 7) is 1.52. The number of hydrogen-bond donors (Lipinski definition) is 4. The van der Waals surface area contributed by atoms with Gasteiger partial charge in [0.2, 0.25) is 5.88 Å². The Labute approximate surface area is 203 Å². The van der Waals surface area contributed by atoms with Crippen molar-refractivity contribution in [1.29, 1.82) is 0 Å². The number of thiophene rings is 1. The van der Waals surface area contributed by atoms with Crippen molar-refractivity contribution in [3.8, 4) is 17.1 Å². The van der Waals surface area contributed by atoms with Gasteiger partial charge < -0.3 is 20.3 Å². The Balaban J connectivity index is 1.56. The van der Waals surface area contributed by atoms with E-state index in [1.165, 1.54) is 11.3 Å². The van der Waals surface area contributed by atoms with E-state index in [1.807, 2.05) is 31.6 Å². The molecule has 0 saturated heterocycles. The fraction of sp³-hybridized carbons (Fsp3) is 0.348. The van der Waals surface area contributed by atoms with Crippen LogP contribution < -0.4 is 21.7 Å². The Morgan fingerprint density at radius 3 is 2.94 bits per heavy atom. The third kappa shape index (κ3) is 4.88. The predicted octanol–water partition coefficient (Wildman–Crippen LogP) is 0.472. The molecule has 1 fully saturated rings. The van der Waals surface area contributed by atoms with Crippen LogP contribution in [0.25, 0.3) is 23.0 Å². The fourth-order valence-electron chi connectivity index (χ4n) is 3.71. The van der Waals surface area contributed by atoms with Crippen molar-refractivity contribution in [2.45, 2.75) is 25.3 Å². The number of rotatable bonds is 8. The first-order valence-corrected chi connectivity index (χ1v) is 12.3. The zero-order chi connectivity index (χ0) is 24.5. The second-order valence-electron chi connectivity index (χ2n) is 8.56. The smallest absolute Gasteiger partial charge is 0.326 e. The maximum atomic E-state index is 12.9. The van der Waals surface area contributed by atoms with E-state index < -0.39 is 5.69 Å². The minimum Gasteiger partial charge on any atom is -0.493 e. The zero-order valence-corrected chi connectivity index (χ0v) is 20.2. The minimum atomic E-state index is -0.505. The van der Waals surface area contributed by atoms with E-state index in [4.69, 9.17) is 9.98 Å². The number of hydrogen-bond acceptors (Lipinski definition) is 8. The summed E-state index contributed by atoms with van der Waals surface area (Å²) in [7, 11) is 3.70. The summed E-state index contributed by atoms with van der Waals surface area (Å²) in [5, 5.41) is 20.0. The van der Waals surface area contributed by atoms with Crippen molar-refractivity contribution < 1.29 is 9.90 Å². The highest BCUT2D eigenvalue weighted by atomic mass is 32.1. The van der Waals surface area contributed by atoms with Gasteiger partial charge in [-0.3, -0.25) is 14.8 Å². The number of carbonyl (C=O) groups is 1. The van der Waals surface area contributed by atoms with Gasteiger partial charge in [-0.15, -0.1) is 11.3 Å². The zero-order valence-electron chi connectivity index (χ0n) is 19.4. The van der Waals surface area contributed by atoms with Gasteiger partial charge in [0.15, 0.2) is 11.1 Å². The number of aromatic nitrogens is 5. The van der Waals surface area contributed by atoms with Crippen LogP contribution in [-0.2, 0) is 0 Å². The highest BCUT2D eigenvalue weighted by molar-refractivity contribution is 7.12. The summed E-state index contributed by atoms with van der Waals surface area (Å²) in [5.41, 5.74) is 2.43. The van der Waals surface area contributed by atoms with Crippen molar-refractivity contribution >= 4 is 29.0 Å². The molecule has 0 aromatic carbocycles. The highest BCUT2D eigenvalue weighted by Crippen LogP contribution is 2.26. The van der Waals surface area contributed by atoms with Gasteiger partial charge in [-0.2, -0.15) is 9.61 Å². The van der Waals surface area contributed by atoms with Crippen molar-refractivity contribution in [2.24, 2.45) is 4.99 Å². The molecule has 4 N–H and O–H groups in total. The lowest BCUT2D eigenvalue weighted by Crippen LogP contribution is -2.28. The lowest BCUT2D eigenvalue weighted by atomic mass is 10.2. The van der Waals surface area contributed by atoms with Crippen molar-refractivity contribution in [2.75, 3.05) is 27.2 Å². The predicted molar refractivity (Wildman–Crippen MR) is 132 cm³/mol. The van der Waals surface area contributed by atoms with Crippen LogP contribution >= 0.6 is 11.3 Å². The maximum absolute atomic E-state index is 12.9. The molecule has 1 amide bonds. The molecule has 0 spiro atoms. The molecule has 12 heteroatoms. The molecular weight excluding hydrogens is 468 g/mol. The molecule has 1 aliphatic rings. The summed E-state index contributed by atoms with van der Waals surface area (Å²) in [4.78, 5) is 41.2. The molecule has 182 valence electrons. The van der Waals surface area contributed by atoms with E-state index in [0.29, 0.717) is 33.5 Å². The normalized spacial score (nSPS) is 14.8. The first-order chi connectivity index (χ1) is 16.9. The molecule has 11 nitrogen and oxygen atoms in total. The number of amides is 1. The summed E-state index contributed by atoms with van der Waals surface area (Å²) in [6, 6.07) is 4.00. The van der Waals surface area contributed by atoms with E-state index in [1.54, 1.807) is 21.7 Å². The molecule has 0 bridgehead atoms. The van der Waals surface area contributed by atoms with Gasteiger partial charge >= 0.3 is 5.69 Å². The Morgan fingerprint density at radius 2 is 2.23 bits per heavy atom. The molecule has 4 heterocycles. The number of fused-ring (bicyclic) bond motifs is 1. The molecule has 0 aliphatic heterocycles. The monoisotopic (exact) mass is 494 g/mol. The maximum Gasteiger partial charge on any atom is 0.326 e. The third-order valence-corrected chi connectivity index (χ3v) is 6.67. The molecule has 0 unspecified atom stereocenters. The number of carbonyl (C=O) groups excluding carboxylic acids is 1. The Morgan fingerprint density at radius 1 is 1.40 bits per heavy atom. The van der Waals surface area contributed by atoms with Gasteiger partial charge in [0.05, 0.1) is 22.8 Å². The van der Waals surface area contributed by atoms with Gasteiger partial charge in [0, 0.05) is 35.8 Å². The van der Waals surface area contributed by atoms with Crippen LogP contribution in [0.3, 0.4) is 0 Å². The number of nitrogens with one attached hydrogen (secondary N) is 3. The number of aromatic amines is 2.